The summed E-state index contributed by atoms with van der Waals surface area (Å²) >= 11 is 0. The first-order valence-electron chi connectivity index (χ1n) is 41.1. The molecule has 5 fully saturated rings. The van der Waals surface area contributed by atoms with Gasteiger partial charge in [-0.25, -0.2) is 66.2 Å². The summed E-state index contributed by atoms with van der Waals surface area (Å²) in [5, 5.41) is 18.4. The van der Waals surface area contributed by atoms with Crippen LogP contribution < -0.4 is 48.6 Å². The summed E-state index contributed by atoms with van der Waals surface area (Å²) in [6, 6.07) is 14.6. The fourth-order valence-corrected chi connectivity index (χ4v) is 21.2. The molecule has 21 rings (SSSR count). The maximum atomic E-state index is 12.2. The van der Waals surface area contributed by atoms with E-state index in [0.29, 0.717) is 50.3 Å². The number of nitrogens with one attached hydrogen (secondary N) is 2. The lowest BCUT2D eigenvalue weighted by atomic mass is 9.95. The van der Waals surface area contributed by atoms with Crippen LogP contribution in [0.5, 0.6) is 0 Å². The van der Waals surface area contributed by atoms with Crippen molar-refractivity contribution in [3.05, 3.63) is 189 Å². The van der Waals surface area contributed by atoms with Gasteiger partial charge in [0.1, 0.15) is 48.6 Å². The second kappa shape index (κ2) is 31.9. The van der Waals surface area contributed by atoms with Crippen LogP contribution in [-0.2, 0) is 97.6 Å². The molecule has 4 saturated heterocycles. The molecule has 0 aromatic carbocycles. The average molecular weight is 1600 g/mol. The van der Waals surface area contributed by atoms with Crippen LogP contribution in [0.1, 0.15) is 156 Å². The number of piperidine rings is 2. The summed E-state index contributed by atoms with van der Waals surface area (Å²) in [4.78, 5) is 73.7. The molecule has 0 bridgehead atoms. The van der Waals surface area contributed by atoms with Gasteiger partial charge in [0.25, 0.3) is 0 Å². The van der Waals surface area contributed by atoms with Crippen molar-refractivity contribution in [3.63, 3.8) is 0 Å². The molecule has 8 aromatic rings. The third kappa shape index (κ3) is 15.4. The topological polar surface area (TPSA) is 321 Å². The van der Waals surface area contributed by atoms with Crippen LogP contribution >= 0.6 is 0 Å². The molecule has 8 aromatic heterocycles. The summed E-state index contributed by atoms with van der Waals surface area (Å²) in [6.07, 6.45) is 45.5. The fraction of sp³-hybridized carbons (Fsp3) is 0.465. The Morgan fingerprint density at radius 1 is 0.379 bits per heavy atom. The zero-order chi connectivity index (χ0) is 79.5. The molecule has 2 N–H and O–H groups in total. The highest BCUT2D eigenvalue weighted by Crippen LogP contribution is 2.43. The van der Waals surface area contributed by atoms with E-state index in [1.165, 1.54) is 68.1 Å². The quantitative estimate of drug-likeness (QED) is 0.109. The number of fused-ring (bicyclic) bond motifs is 8. The van der Waals surface area contributed by atoms with Crippen LogP contribution in [0.3, 0.4) is 0 Å². The minimum absolute atomic E-state index is 0.0385. The monoisotopic (exact) mass is 1590 g/mol. The van der Waals surface area contributed by atoms with Crippen LogP contribution in [0.25, 0.3) is 24.3 Å². The molecule has 1 unspecified atom stereocenters. The van der Waals surface area contributed by atoms with Gasteiger partial charge in [-0.2, -0.15) is 10.5 Å². The Balaban J connectivity index is 0.000000107. The first-order chi connectivity index (χ1) is 56.4. The van der Waals surface area contributed by atoms with Crippen molar-refractivity contribution in [2.24, 2.45) is 11.8 Å². The summed E-state index contributed by atoms with van der Waals surface area (Å²) in [5.74, 6) is 4.19. The number of pyridine rings is 4. The SMILES string of the molecule is C[C@@H]1Cc2ncnc(N3CC(NS(=O)(=O)C4CC4)C3)c2CN1c1ccnc2c1C=CC2.C[C@@H]1Cc2ncnc(N3CC(NS(C)(=O)=O)C3)c2CN1c1ccnc2c1C=CC2.C[C@@H]1Cc2ncnc(N3CCC(C#N)CC3)c2CN1c1ccnc2c1C=CC2.C[C@@H]1Cc2ncnc(N3CCCC(C#N)C3)c2CN1c1ccnc2c1C=CC2. The molecular weight excluding hydrogens is 1500 g/mol. The number of nitriles is 2. The van der Waals surface area contributed by atoms with Gasteiger partial charge in [-0.15, -0.1) is 0 Å². The third-order valence-electron chi connectivity index (χ3n) is 25.2. The Hall–Kier alpha value is -10.9. The molecule has 0 amide bonds. The normalized spacial score (nSPS) is 22.2. The lowest BCUT2D eigenvalue weighted by molar-refractivity contribution is 0.461. The van der Waals surface area contributed by atoms with Crippen molar-refractivity contribution >= 4 is 90.4 Å². The number of rotatable bonds is 13. The Labute approximate surface area is 678 Å². The van der Waals surface area contributed by atoms with Crippen LogP contribution in [0, 0.1) is 34.5 Å². The molecule has 598 valence electrons. The summed E-state index contributed by atoms with van der Waals surface area (Å²) < 4.78 is 52.9. The predicted molar refractivity (Wildman–Crippen MR) is 450 cm³/mol. The highest BCUT2D eigenvalue weighted by molar-refractivity contribution is 7.90. The molecule has 1 saturated carbocycles. The minimum atomic E-state index is -3.20. The number of hydrogen-bond acceptors (Lipinski definition) is 26. The van der Waals surface area contributed by atoms with E-state index in [2.05, 4.69) is 221 Å². The van der Waals surface area contributed by atoms with E-state index in [4.69, 9.17) is 0 Å². The molecule has 116 heavy (non-hydrogen) atoms. The maximum Gasteiger partial charge on any atom is 0.214 e. The van der Waals surface area contributed by atoms with Gasteiger partial charge in [0, 0.05) is 252 Å². The number of anilines is 8. The molecule has 16 heterocycles. The molecule has 0 spiro atoms. The van der Waals surface area contributed by atoms with Crippen molar-refractivity contribution in [1.82, 2.24) is 69.3 Å². The fourth-order valence-electron chi connectivity index (χ4n) is 18.9. The zero-order valence-corrected chi connectivity index (χ0v) is 68.0. The van der Waals surface area contributed by atoms with E-state index < -0.39 is 20.0 Å². The van der Waals surface area contributed by atoms with Gasteiger partial charge in [-0.1, -0.05) is 48.6 Å². The Morgan fingerprint density at radius 2 is 0.716 bits per heavy atom. The summed E-state index contributed by atoms with van der Waals surface area (Å²) in [6.45, 7) is 18.2. The van der Waals surface area contributed by atoms with Crippen molar-refractivity contribution in [3.8, 4) is 12.1 Å². The van der Waals surface area contributed by atoms with Crippen LogP contribution in [0.4, 0.5) is 46.0 Å². The first kappa shape index (κ1) is 76.4. The molecule has 28 nitrogen and oxygen atoms in total. The standard InChI is InChI=1S/C22H26N6O2S.2C22H24N6.C20H24N6O2S/c1-14-9-20-18(12-28(14)21-7-8-23-19-4-2-3-17(19)21)22(25-13-24-20)27-10-15(11-27)26-31(29,30)16-5-6-16;1-15-10-20-18(13-28(15)21-7-8-24-19-6-2-5-17(19)21)22(26-14-25-20)27-9-3-4-16(11-23)12-27;1-15-11-20-18(13-28(15)21-5-8-24-19-4-2-3-17(19)21)22(26-14-25-20)27-9-6-16(12-23)7-10-27;1-13-8-18-16(11-26(13)19-6-7-21-17-5-3-4-15(17)19)20(23-12-22-18)25-9-14(10-25)24-29(2,27)28/h2-3,7-8,13-16,26H,4-6,9-12H2,1H3;2,5,7-8,14-16H,3-4,6,9-10,12-13H2,1H3;2-3,5,8,14-16H,4,6-7,9-11,13H2,1H3;3-4,6-7,12-14,24H,5,8-11H2,1-2H3/t14-;15-,16?;15-;13-/m1111/s1. The first-order valence-corrected chi connectivity index (χ1v) is 44.5. The number of hydrogen-bond donors (Lipinski definition) is 2. The van der Waals surface area contributed by atoms with Crippen LogP contribution in [0.15, 0.2) is 98.7 Å². The Morgan fingerprint density at radius 3 is 1.05 bits per heavy atom. The number of allylic oxidation sites excluding steroid dienone is 4. The zero-order valence-electron chi connectivity index (χ0n) is 66.4. The van der Waals surface area contributed by atoms with Crippen molar-refractivity contribution in [2.75, 3.05) is 97.8 Å². The third-order valence-corrected chi connectivity index (χ3v) is 28.0. The van der Waals surface area contributed by atoms with E-state index in [-0.39, 0.29) is 29.2 Å². The van der Waals surface area contributed by atoms with Gasteiger partial charge >= 0.3 is 0 Å². The molecule has 0 radical (unpaired) electrons. The Bertz CT molecular complexity index is 5570. The smallest absolute Gasteiger partial charge is 0.214 e. The summed E-state index contributed by atoms with van der Waals surface area (Å²) in [7, 11) is -6.35. The van der Waals surface area contributed by atoms with Crippen molar-refractivity contribution in [2.45, 2.75) is 185 Å². The predicted octanol–water partition coefficient (Wildman–Crippen LogP) is 9.06. The molecule has 13 aliphatic rings. The molecule has 30 heteroatoms. The van der Waals surface area contributed by atoms with E-state index >= 15 is 0 Å². The largest absolute Gasteiger partial charge is 0.363 e. The van der Waals surface area contributed by atoms with Crippen LogP contribution in [0.2, 0.25) is 0 Å². The molecule has 5 aliphatic carbocycles. The maximum absolute atomic E-state index is 12.2. The highest BCUT2D eigenvalue weighted by Gasteiger charge is 2.43. The second-order valence-electron chi connectivity index (χ2n) is 33.2. The average Bonchev–Trinajstić information content (AvgIpc) is 0.953. The van der Waals surface area contributed by atoms with E-state index in [9.17, 15) is 27.4 Å². The molecule has 8 aliphatic heterocycles. The lowest BCUT2D eigenvalue weighted by Crippen LogP contribution is -2.60. The second-order valence-corrected chi connectivity index (χ2v) is 36.9. The van der Waals surface area contributed by atoms with Gasteiger partial charge in [-0.3, -0.25) is 19.9 Å². The van der Waals surface area contributed by atoms with Gasteiger partial charge in [0.05, 0.1) is 87.2 Å². The number of sulfonamides is 2. The minimum Gasteiger partial charge on any atom is -0.363 e. The van der Waals surface area contributed by atoms with Gasteiger partial charge in [0.15, 0.2) is 0 Å². The summed E-state index contributed by atoms with van der Waals surface area (Å²) in [5.41, 5.74) is 23.7. The van der Waals surface area contributed by atoms with E-state index in [0.717, 1.165) is 217 Å². The molecular formula is C86H98N24O4S2. The lowest BCUT2D eigenvalue weighted by Gasteiger charge is -2.43. The Kier molecular flexibility index (Phi) is 21.0. The van der Waals surface area contributed by atoms with Gasteiger partial charge in [0.2, 0.25) is 20.0 Å². The molecule has 5 atom stereocenters. The van der Waals surface area contributed by atoms with Gasteiger partial charge in [-0.05, 0) is 90.5 Å². The van der Waals surface area contributed by atoms with E-state index in [1.54, 1.807) is 25.3 Å². The highest BCUT2D eigenvalue weighted by atomic mass is 32.2. The van der Waals surface area contributed by atoms with Gasteiger partial charge < -0.3 is 39.2 Å². The number of aromatic nitrogens is 12. The number of nitrogens with zero attached hydrogens (tertiary/aromatic N) is 22. The van der Waals surface area contributed by atoms with Crippen molar-refractivity contribution in [1.29, 1.82) is 10.5 Å². The van der Waals surface area contributed by atoms with E-state index in [1.807, 2.05) is 24.8 Å². The van der Waals surface area contributed by atoms with Crippen molar-refractivity contribution < 1.29 is 16.8 Å². The van der Waals surface area contributed by atoms with Crippen LogP contribution in [-0.4, -0.2) is 177 Å².